The molecule has 0 unspecified atom stereocenters. The van der Waals surface area contributed by atoms with Crippen LogP contribution in [0.15, 0.2) is 20.4 Å². The average Bonchev–Trinajstić information content (AvgIpc) is 2.30. The van der Waals surface area contributed by atoms with Gasteiger partial charge in [0.1, 0.15) is 0 Å². The monoisotopic (exact) mass is 262 g/mol. The Morgan fingerprint density at radius 1 is 0.944 bits per heavy atom. The Morgan fingerprint density at radius 2 is 1.22 bits per heavy atom. The highest BCUT2D eigenvalue weighted by molar-refractivity contribution is 5.75. The summed E-state index contributed by atoms with van der Waals surface area (Å²) in [6.07, 6.45) is 1.30. The summed E-state index contributed by atoms with van der Waals surface area (Å²) in [5, 5.41) is 26.9. The van der Waals surface area contributed by atoms with E-state index < -0.39 is 11.9 Å². The molecule has 0 saturated heterocycles. The van der Waals surface area contributed by atoms with Crippen LogP contribution in [0.2, 0.25) is 0 Å². The number of hydrazone groups is 2. The van der Waals surface area contributed by atoms with Gasteiger partial charge < -0.3 is 21.9 Å². The van der Waals surface area contributed by atoms with E-state index >= 15 is 0 Å². The zero-order chi connectivity index (χ0) is 14.8. The number of rotatable bonds is 5. The third kappa shape index (κ3) is 51.6. The van der Waals surface area contributed by atoms with Gasteiger partial charge in [-0.05, 0) is 0 Å². The van der Waals surface area contributed by atoms with Gasteiger partial charge in [0.2, 0.25) is 0 Å². The number of aliphatic carboxylic acids is 2. The number of nitrogens with zero attached hydrogens (tertiary/aromatic N) is 4. The molecule has 0 aromatic rings. The lowest BCUT2D eigenvalue weighted by atomic mass is 10.3. The van der Waals surface area contributed by atoms with Gasteiger partial charge in [0.25, 0.3) is 0 Å². The second kappa shape index (κ2) is 19.6. The number of nitrogens with one attached hydrogen (secondary N) is 2. The number of hydrogen-bond acceptors (Lipinski definition) is 8. The van der Waals surface area contributed by atoms with Crippen molar-refractivity contribution in [3.63, 3.8) is 0 Å². The Balaban J connectivity index is -0.000000197. The van der Waals surface area contributed by atoms with Gasteiger partial charge in [0, 0.05) is 0 Å². The normalized spacial score (nSPS) is 8.67. The summed E-state index contributed by atoms with van der Waals surface area (Å²) < 4.78 is 0. The van der Waals surface area contributed by atoms with E-state index in [0.717, 1.165) is 12.7 Å². The Bertz CT molecular complexity index is 272. The van der Waals surface area contributed by atoms with Crippen LogP contribution in [-0.4, -0.2) is 34.8 Å². The molecule has 0 amide bonds. The molecule has 0 spiro atoms. The van der Waals surface area contributed by atoms with Crippen molar-refractivity contribution in [1.82, 2.24) is 0 Å². The highest BCUT2D eigenvalue weighted by atomic mass is 16.4. The van der Waals surface area contributed by atoms with Crippen molar-refractivity contribution in [3.05, 3.63) is 0 Å². The highest BCUT2D eigenvalue weighted by Gasteiger charge is 2.00. The predicted octanol–water partition coefficient (Wildman–Crippen LogP) is -0.225. The summed E-state index contributed by atoms with van der Waals surface area (Å²) in [4.78, 5) is 19.3. The van der Waals surface area contributed by atoms with Crippen molar-refractivity contribution in [2.75, 3.05) is 0 Å². The van der Waals surface area contributed by atoms with E-state index in [2.05, 4.69) is 32.1 Å². The molecular weight excluding hydrogens is 248 g/mol. The van der Waals surface area contributed by atoms with Crippen LogP contribution in [-0.2, 0) is 9.59 Å². The van der Waals surface area contributed by atoms with Crippen molar-refractivity contribution in [2.24, 2.45) is 32.1 Å². The van der Waals surface area contributed by atoms with Crippen LogP contribution >= 0.6 is 0 Å². The van der Waals surface area contributed by atoms with E-state index in [1.54, 1.807) is 0 Å². The minimum atomic E-state index is -1.08. The first-order valence-corrected chi connectivity index (χ1v) is 4.06. The van der Waals surface area contributed by atoms with E-state index in [0.29, 0.717) is 0 Å². The lowest BCUT2D eigenvalue weighted by molar-refractivity contribution is -0.143. The van der Waals surface area contributed by atoms with Crippen LogP contribution in [0.4, 0.5) is 0 Å². The smallest absolute Gasteiger partial charge is 0.303 e. The van der Waals surface area contributed by atoms with Gasteiger partial charge in [-0.3, -0.25) is 9.59 Å². The Morgan fingerprint density at radius 3 is 1.28 bits per heavy atom. The van der Waals surface area contributed by atoms with E-state index in [1.165, 1.54) is 0 Å². The first-order chi connectivity index (χ1) is 8.45. The molecule has 0 aromatic carbocycles. The first kappa shape index (κ1) is 20.5. The van der Waals surface area contributed by atoms with E-state index in [-0.39, 0.29) is 12.8 Å². The Hall–Kier alpha value is -2.92. The van der Waals surface area contributed by atoms with Gasteiger partial charge in [-0.2, -0.15) is 10.2 Å². The van der Waals surface area contributed by atoms with E-state index in [9.17, 15) is 9.59 Å². The molecule has 12 nitrogen and oxygen atoms in total. The van der Waals surface area contributed by atoms with Crippen molar-refractivity contribution < 1.29 is 19.8 Å². The van der Waals surface area contributed by atoms with Crippen molar-refractivity contribution >= 4 is 24.6 Å². The van der Waals surface area contributed by atoms with Crippen LogP contribution in [0.3, 0.4) is 0 Å². The molecule has 8 N–H and O–H groups in total. The van der Waals surface area contributed by atoms with Crippen LogP contribution in [0.1, 0.15) is 12.8 Å². The Kier molecular flexibility index (Phi) is 22.3. The molecule has 0 rings (SSSR count). The van der Waals surface area contributed by atoms with Gasteiger partial charge in [-0.25, -0.2) is 11.1 Å². The molecular formula is C6H14N8O4. The average molecular weight is 262 g/mol. The molecule has 0 saturated carbocycles. The molecule has 0 aromatic heterocycles. The lowest BCUT2D eigenvalue weighted by Gasteiger charge is -1.85. The third-order valence-corrected chi connectivity index (χ3v) is 0.802. The standard InChI is InChI=1S/C4H6O4.2CH4N4/c5-3(6)1-2-4(7)8;2*2-4-1-5-3/h1-2H2,(H,5,6)(H,7,8);2*1-2H,3H2. The molecule has 102 valence electrons. The fourth-order valence-electron chi connectivity index (χ4n) is 0.281. The first-order valence-electron chi connectivity index (χ1n) is 4.06. The number of hydrogen-bond donors (Lipinski definition) is 6. The van der Waals surface area contributed by atoms with Gasteiger partial charge in [0.15, 0.2) is 12.7 Å². The van der Waals surface area contributed by atoms with Crippen LogP contribution < -0.4 is 11.7 Å². The Labute approximate surface area is 101 Å². The SMILES string of the molecule is N=NC=NN.N=NC=NN.O=C(O)CCC(=O)O. The van der Waals surface area contributed by atoms with Crippen LogP contribution in [0.5, 0.6) is 0 Å². The molecule has 18 heavy (non-hydrogen) atoms. The van der Waals surface area contributed by atoms with Crippen LogP contribution in [0.25, 0.3) is 0 Å². The molecule has 0 heterocycles. The number of nitrogens with two attached hydrogens (primary N) is 2. The molecule has 0 aliphatic heterocycles. The predicted molar refractivity (Wildman–Crippen MR) is 60.2 cm³/mol. The highest BCUT2D eigenvalue weighted by Crippen LogP contribution is 1.86. The third-order valence-electron chi connectivity index (χ3n) is 0.802. The maximum atomic E-state index is 9.64. The summed E-state index contributed by atoms with van der Waals surface area (Å²) >= 11 is 0. The molecule has 0 aliphatic carbocycles. The van der Waals surface area contributed by atoms with Gasteiger partial charge >= 0.3 is 11.9 Å². The van der Waals surface area contributed by atoms with Crippen molar-refractivity contribution in [2.45, 2.75) is 12.8 Å². The molecule has 0 aliphatic rings. The lowest BCUT2D eigenvalue weighted by Crippen LogP contribution is -2.00. The molecule has 0 atom stereocenters. The van der Waals surface area contributed by atoms with E-state index in [1.807, 2.05) is 0 Å². The zero-order valence-corrected chi connectivity index (χ0v) is 9.22. The maximum absolute atomic E-state index is 9.64. The number of carboxylic acids is 2. The van der Waals surface area contributed by atoms with E-state index in [4.69, 9.17) is 21.3 Å². The summed E-state index contributed by atoms with van der Waals surface area (Å²) in [5.41, 5.74) is 12.0. The summed E-state index contributed by atoms with van der Waals surface area (Å²) in [5.74, 6) is 6.84. The molecule has 0 fully saturated rings. The number of carbonyl (C=O) groups is 2. The quantitative estimate of drug-likeness (QED) is 0.129. The zero-order valence-electron chi connectivity index (χ0n) is 9.22. The second-order valence-corrected chi connectivity index (χ2v) is 2.07. The largest absolute Gasteiger partial charge is 0.481 e. The molecule has 0 bridgehead atoms. The van der Waals surface area contributed by atoms with Crippen LogP contribution in [0, 0.1) is 11.1 Å². The van der Waals surface area contributed by atoms with Gasteiger partial charge in [0.05, 0.1) is 12.8 Å². The van der Waals surface area contributed by atoms with Crippen molar-refractivity contribution in [1.29, 1.82) is 11.1 Å². The fourth-order valence-corrected chi connectivity index (χ4v) is 0.281. The maximum Gasteiger partial charge on any atom is 0.303 e. The molecule has 12 heteroatoms. The summed E-state index contributed by atoms with van der Waals surface area (Å²) in [6, 6.07) is 0. The fraction of sp³-hybridized carbons (Fsp3) is 0.333. The number of carboxylic acid groups (broad SMARTS) is 2. The summed E-state index contributed by atoms with van der Waals surface area (Å²) in [6.45, 7) is 0. The van der Waals surface area contributed by atoms with Gasteiger partial charge in [-0.15, -0.1) is 10.2 Å². The minimum absolute atomic E-state index is 0.296. The summed E-state index contributed by atoms with van der Waals surface area (Å²) in [7, 11) is 0. The minimum Gasteiger partial charge on any atom is -0.481 e. The van der Waals surface area contributed by atoms with Crippen molar-refractivity contribution in [3.8, 4) is 0 Å². The topological polar surface area (TPSA) is 224 Å². The second-order valence-electron chi connectivity index (χ2n) is 2.07. The van der Waals surface area contributed by atoms with Gasteiger partial charge in [-0.1, -0.05) is 0 Å². The molecule has 0 radical (unpaired) electrons.